The van der Waals surface area contributed by atoms with Gasteiger partial charge in [0, 0.05) is 17.6 Å². The summed E-state index contributed by atoms with van der Waals surface area (Å²) in [5.41, 5.74) is 2.97. The first-order valence-electron chi connectivity index (χ1n) is 9.04. The van der Waals surface area contributed by atoms with Gasteiger partial charge in [0.15, 0.2) is 0 Å². The number of imidazole rings is 1. The highest BCUT2D eigenvalue weighted by Crippen LogP contribution is 2.26. The smallest absolute Gasteiger partial charge is 0.490 e. The van der Waals surface area contributed by atoms with Crippen molar-refractivity contribution < 1.29 is 37.7 Å². The molecule has 11 heteroatoms. The van der Waals surface area contributed by atoms with E-state index in [0.717, 1.165) is 23.4 Å². The molecule has 31 heavy (non-hydrogen) atoms. The van der Waals surface area contributed by atoms with Gasteiger partial charge in [0.1, 0.15) is 5.75 Å². The minimum atomic E-state index is -5.08. The SMILES string of the molecule is CCc1cn(-c2ccc(/C=C(\CCCCl)C(=O)O)cc2OC)cn1.O=C(O)C(F)(F)F. The summed E-state index contributed by atoms with van der Waals surface area (Å²) in [6, 6.07) is 5.59. The minimum absolute atomic E-state index is 0.335. The molecule has 0 aliphatic rings. The van der Waals surface area contributed by atoms with Crippen LogP contribution in [0.25, 0.3) is 11.8 Å². The molecule has 1 heterocycles. The average Bonchev–Trinajstić information content (AvgIpc) is 3.19. The fourth-order valence-corrected chi connectivity index (χ4v) is 2.51. The molecule has 0 aliphatic carbocycles. The van der Waals surface area contributed by atoms with Gasteiger partial charge >= 0.3 is 18.1 Å². The van der Waals surface area contributed by atoms with Crippen LogP contribution in [-0.2, 0) is 16.0 Å². The number of alkyl halides is 4. The number of aryl methyl sites for hydroxylation is 1. The van der Waals surface area contributed by atoms with Crippen LogP contribution < -0.4 is 4.74 Å². The maximum absolute atomic E-state index is 11.3. The number of nitrogens with zero attached hydrogens (tertiary/aromatic N) is 2. The number of ether oxygens (including phenoxy) is 1. The van der Waals surface area contributed by atoms with Crippen LogP contribution in [-0.4, -0.2) is 50.9 Å². The Labute approximate surface area is 181 Å². The zero-order valence-corrected chi connectivity index (χ0v) is 17.6. The first-order chi connectivity index (χ1) is 14.5. The van der Waals surface area contributed by atoms with Crippen LogP contribution >= 0.6 is 11.6 Å². The van der Waals surface area contributed by atoms with Gasteiger partial charge in [-0.05, 0) is 43.0 Å². The quantitative estimate of drug-likeness (QED) is 0.440. The average molecular weight is 463 g/mol. The highest BCUT2D eigenvalue weighted by atomic mass is 35.5. The number of carboxylic acid groups (broad SMARTS) is 2. The number of carbonyl (C=O) groups is 2. The summed E-state index contributed by atoms with van der Waals surface area (Å²) in [5.74, 6) is -2.59. The summed E-state index contributed by atoms with van der Waals surface area (Å²) in [5, 5.41) is 16.4. The molecule has 2 rings (SSSR count). The van der Waals surface area contributed by atoms with Crippen molar-refractivity contribution in [2.24, 2.45) is 0 Å². The van der Waals surface area contributed by atoms with Gasteiger partial charge in [0.05, 0.1) is 24.8 Å². The zero-order chi connectivity index (χ0) is 23.6. The van der Waals surface area contributed by atoms with Crippen molar-refractivity contribution in [3.05, 3.63) is 47.6 Å². The number of hydrogen-bond donors (Lipinski definition) is 2. The van der Waals surface area contributed by atoms with Gasteiger partial charge < -0.3 is 19.5 Å². The van der Waals surface area contributed by atoms with Gasteiger partial charge in [-0.3, -0.25) is 0 Å². The van der Waals surface area contributed by atoms with E-state index in [0.29, 0.717) is 30.0 Å². The summed E-state index contributed by atoms with van der Waals surface area (Å²) in [6.07, 6.45) is 2.20. The maximum atomic E-state index is 11.3. The number of hydrogen-bond acceptors (Lipinski definition) is 4. The van der Waals surface area contributed by atoms with Crippen LogP contribution in [0, 0.1) is 0 Å². The van der Waals surface area contributed by atoms with Gasteiger partial charge in [-0.15, -0.1) is 11.6 Å². The molecular formula is C20H22ClF3N2O5. The molecule has 0 saturated carbocycles. The van der Waals surface area contributed by atoms with Crippen LogP contribution in [0.3, 0.4) is 0 Å². The van der Waals surface area contributed by atoms with E-state index in [1.807, 2.05) is 35.9 Å². The molecule has 0 bridgehead atoms. The molecule has 0 amide bonds. The third-order valence-electron chi connectivity index (χ3n) is 3.92. The van der Waals surface area contributed by atoms with Gasteiger partial charge in [0.25, 0.3) is 0 Å². The van der Waals surface area contributed by atoms with Crippen LogP contribution in [0.2, 0.25) is 0 Å². The zero-order valence-electron chi connectivity index (χ0n) is 16.8. The molecular weight excluding hydrogens is 441 g/mol. The largest absolute Gasteiger partial charge is 0.495 e. The number of aromatic nitrogens is 2. The maximum Gasteiger partial charge on any atom is 0.490 e. The summed E-state index contributed by atoms with van der Waals surface area (Å²) in [6.45, 7) is 2.05. The predicted octanol–water partition coefficient (Wildman–Crippen LogP) is 4.56. The molecule has 0 fully saturated rings. The van der Waals surface area contributed by atoms with Crippen LogP contribution in [0.15, 0.2) is 36.3 Å². The lowest BCUT2D eigenvalue weighted by Crippen LogP contribution is -2.21. The molecule has 1 aromatic carbocycles. The second-order valence-electron chi connectivity index (χ2n) is 6.13. The van der Waals surface area contributed by atoms with Gasteiger partial charge in [-0.1, -0.05) is 13.0 Å². The Kier molecular flexibility index (Phi) is 10.1. The van der Waals surface area contributed by atoms with Gasteiger partial charge in [-0.25, -0.2) is 14.6 Å². The van der Waals surface area contributed by atoms with Crippen LogP contribution in [0.1, 0.15) is 31.0 Å². The Hall–Kier alpha value is -3.01. The van der Waals surface area contributed by atoms with Crippen molar-refractivity contribution in [1.82, 2.24) is 9.55 Å². The standard InChI is InChI=1S/C18H21ClN2O3.C2HF3O2/c1-3-15-11-21(12-20-15)16-7-6-13(10-17(16)24-2)9-14(18(22)23)5-4-8-19;3-2(4,5)1(6)7/h6-7,9-12H,3-5,8H2,1-2H3,(H,22,23);(H,6,7)/b14-9+;. The molecule has 0 saturated heterocycles. The van der Waals surface area contributed by atoms with Crippen molar-refractivity contribution in [3.8, 4) is 11.4 Å². The van der Waals surface area contributed by atoms with E-state index in [2.05, 4.69) is 4.98 Å². The Bertz CT molecular complexity index is 926. The van der Waals surface area contributed by atoms with E-state index < -0.39 is 18.1 Å². The number of rotatable bonds is 8. The van der Waals surface area contributed by atoms with E-state index in [1.165, 1.54) is 0 Å². The minimum Gasteiger partial charge on any atom is -0.495 e. The van der Waals surface area contributed by atoms with E-state index >= 15 is 0 Å². The van der Waals surface area contributed by atoms with Crippen molar-refractivity contribution >= 4 is 29.6 Å². The molecule has 2 N–H and O–H groups in total. The predicted molar refractivity (Wildman–Crippen MR) is 109 cm³/mol. The molecule has 0 aliphatic heterocycles. The Morgan fingerprint density at radius 1 is 1.29 bits per heavy atom. The van der Waals surface area contributed by atoms with Crippen LogP contribution in [0.4, 0.5) is 13.2 Å². The molecule has 7 nitrogen and oxygen atoms in total. The lowest BCUT2D eigenvalue weighted by molar-refractivity contribution is -0.192. The van der Waals surface area contributed by atoms with Crippen LogP contribution in [0.5, 0.6) is 5.75 Å². The molecule has 170 valence electrons. The third-order valence-corrected chi connectivity index (χ3v) is 4.19. The Balaban J connectivity index is 0.000000592. The topological polar surface area (TPSA) is 102 Å². The Morgan fingerprint density at radius 2 is 1.94 bits per heavy atom. The van der Waals surface area contributed by atoms with E-state index in [1.54, 1.807) is 19.5 Å². The summed E-state index contributed by atoms with van der Waals surface area (Å²) in [4.78, 5) is 24.5. The van der Waals surface area contributed by atoms with E-state index in [4.69, 9.17) is 26.2 Å². The van der Waals surface area contributed by atoms with Crippen molar-refractivity contribution in [1.29, 1.82) is 0 Å². The molecule has 0 atom stereocenters. The first kappa shape index (κ1) is 26.0. The highest BCUT2D eigenvalue weighted by molar-refractivity contribution is 6.17. The van der Waals surface area contributed by atoms with Gasteiger partial charge in [-0.2, -0.15) is 13.2 Å². The number of methoxy groups -OCH3 is 1. The van der Waals surface area contributed by atoms with Crippen molar-refractivity contribution in [2.45, 2.75) is 32.4 Å². The number of benzene rings is 1. The number of halogens is 4. The summed E-state index contributed by atoms with van der Waals surface area (Å²) < 4.78 is 39.1. The van der Waals surface area contributed by atoms with Crippen molar-refractivity contribution in [3.63, 3.8) is 0 Å². The lowest BCUT2D eigenvalue weighted by atomic mass is 10.1. The summed E-state index contributed by atoms with van der Waals surface area (Å²) in [7, 11) is 1.59. The van der Waals surface area contributed by atoms with E-state index in [-0.39, 0.29) is 0 Å². The fourth-order valence-electron chi connectivity index (χ4n) is 2.37. The highest BCUT2D eigenvalue weighted by Gasteiger charge is 2.38. The molecule has 0 unspecified atom stereocenters. The molecule has 2 aromatic rings. The lowest BCUT2D eigenvalue weighted by Gasteiger charge is -2.10. The van der Waals surface area contributed by atoms with Gasteiger partial charge in [0.2, 0.25) is 0 Å². The second-order valence-corrected chi connectivity index (χ2v) is 6.51. The Morgan fingerprint density at radius 3 is 2.39 bits per heavy atom. The molecule has 0 spiro atoms. The first-order valence-corrected chi connectivity index (χ1v) is 9.58. The monoisotopic (exact) mass is 462 g/mol. The van der Waals surface area contributed by atoms with Crippen molar-refractivity contribution in [2.75, 3.05) is 13.0 Å². The molecule has 0 radical (unpaired) electrons. The number of aliphatic carboxylic acids is 2. The third kappa shape index (κ3) is 8.33. The normalized spacial score (nSPS) is 11.5. The fraction of sp³-hybridized carbons (Fsp3) is 0.350. The second kappa shape index (κ2) is 12.0. The summed E-state index contributed by atoms with van der Waals surface area (Å²) >= 11 is 5.65. The van der Waals surface area contributed by atoms with E-state index in [9.17, 15) is 23.1 Å². The number of carboxylic acids is 2. The molecule has 1 aromatic heterocycles.